The molecule has 1 N–H and O–H groups in total. The van der Waals surface area contributed by atoms with Crippen LogP contribution in [0.1, 0.15) is 25.1 Å². The zero-order valence-corrected chi connectivity index (χ0v) is 16.5. The number of nitrogens with zero attached hydrogens (tertiary/aromatic N) is 2. The van der Waals surface area contributed by atoms with Crippen molar-refractivity contribution in [1.29, 1.82) is 0 Å². The number of nitrogens with one attached hydrogen (secondary N) is 1. The molecule has 0 unspecified atom stereocenters. The van der Waals surface area contributed by atoms with E-state index >= 15 is 0 Å². The van der Waals surface area contributed by atoms with Crippen LogP contribution in [0.4, 0.5) is 15.9 Å². The Balaban J connectivity index is 0.00000109. The maximum absolute atomic E-state index is 13.4. The molecule has 0 amide bonds. The van der Waals surface area contributed by atoms with E-state index in [9.17, 15) is 4.39 Å². The summed E-state index contributed by atoms with van der Waals surface area (Å²) >= 11 is 5.86. The summed E-state index contributed by atoms with van der Waals surface area (Å²) in [5.74, 6) is 0.159. The molecule has 0 aliphatic rings. The molecule has 1 aromatic heterocycles. The fraction of sp³-hybridized carbons (Fsp3) is 0.130. The molecule has 0 saturated heterocycles. The lowest BCUT2D eigenvalue weighted by molar-refractivity contribution is 0.628. The second kappa shape index (κ2) is 9.29. The Morgan fingerprint density at radius 1 is 0.857 bits per heavy atom. The Bertz CT molecular complexity index is 1070. The van der Waals surface area contributed by atoms with Gasteiger partial charge in [0.2, 0.25) is 0 Å². The highest BCUT2D eigenvalue weighted by atomic mass is 35.5. The summed E-state index contributed by atoms with van der Waals surface area (Å²) in [5, 5.41) is 14.0. The first kappa shape index (κ1) is 19.8. The molecule has 28 heavy (non-hydrogen) atoms. The van der Waals surface area contributed by atoms with E-state index < -0.39 is 5.82 Å². The van der Waals surface area contributed by atoms with Crippen molar-refractivity contribution in [3.63, 3.8) is 0 Å². The zero-order chi connectivity index (χ0) is 19.9. The zero-order valence-electron chi connectivity index (χ0n) is 15.8. The summed E-state index contributed by atoms with van der Waals surface area (Å²) in [6, 6.07) is 22.6. The van der Waals surface area contributed by atoms with Gasteiger partial charge in [-0.15, -0.1) is 5.10 Å². The Labute approximate surface area is 169 Å². The van der Waals surface area contributed by atoms with Crippen molar-refractivity contribution < 1.29 is 4.39 Å². The molecule has 0 saturated carbocycles. The molecule has 0 fully saturated rings. The van der Waals surface area contributed by atoms with Crippen LogP contribution in [0, 0.1) is 5.82 Å². The van der Waals surface area contributed by atoms with Crippen molar-refractivity contribution in [3.05, 3.63) is 94.9 Å². The van der Waals surface area contributed by atoms with Crippen LogP contribution in [0.2, 0.25) is 5.02 Å². The third-order valence-corrected chi connectivity index (χ3v) is 4.45. The van der Waals surface area contributed by atoms with Crippen LogP contribution in [-0.2, 0) is 6.42 Å². The standard InChI is InChI=1S/C21H15ClFN3.C2H6/c22-18-13-15(10-11-19(18)23)24-21-17-9-5-4-8-16(17)20(25-26-21)12-14-6-2-1-3-7-14;1-2/h1-11,13H,12H2,(H,24,26);1-2H3. The lowest BCUT2D eigenvalue weighted by Crippen LogP contribution is -2.02. The summed E-state index contributed by atoms with van der Waals surface area (Å²) in [5.41, 5.74) is 2.75. The molecule has 3 nitrogen and oxygen atoms in total. The number of hydrogen-bond acceptors (Lipinski definition) is 3. The second-order valence-corrected chi connectivity index (χ2v) is 6.36. The minimum Gasteiger partial charge on any atom is -0.338 e. The maximum Gasteiger partial charge on any atom is 0.160 e. The average Bonchev–Trinajstić information content (AvgIpc) is 2.75. The number of anilines is 2. The van der Waals surface area contributed by atoms with Gasteiger partial charge in [0.15, 0.2) is 5.82 Å². The topological polar surface area (TPSA) is 37.8 Å². The third kappa shape index (κ3) is 4.46. The predicted octanol–water partition coefficient (Wildman–Crippen LogP) is 6.78. The van der Waals surface area contributed by atoms with Crippen LogP contribution in [0.25, 0.3) is 10.8 Å². The smallest absolute Gasteiger partial charge is 0.160 e. The van der Waals surface area contributed by atoms with Crippen LogP contribution in [-0.4, -0.2) is 10.2 Å². The van der Waals surface area contributed by atoms with Crippen LogP contribution in [0.15, 0.2) is 72.8 Å². The molecule has 1 heterocycles. The van der Waals surface area contributed by atoms with Crippen molar-refractivity contribution in [2.45, 2.75) is 20.3 Å². The average molecular weight is 394 g/mol. The van der Waals surface area contributed by atoms with E-state index in [-0.39, 0.29) is 5.02 Å². The van der Waals surface area contributed by atoms with Gasteiger partial charge < -0.3 is 5.32 Å². The first-order valence-corrected chi connectivity index (χ1v) is 9.59. The molecule has 4 rings (SSSR count). The number of fused-ring (bicyclic) bond motifs is 1. The number of benzene rings is 3. The SMILES string of the molecule is CC.Fc1ccc(Nc2nnc(Cc3ccccc3)c3ccccc23)cc1Cl. The maximum atomic E-state index is 13.4. The quantitative estimate of drug-likeness (QED) is 0.415. The third-order valence-electron chi connectivity index (χ3n) is 4.16. The van der Waals surface area contributed by atoms with Crippen LogP contribution >= 0.6 is 11.6 Å². The van der Waals surface area contributed by atoms with Crippen LogP contribution in [0.5, 0.6) is 0 Å². The van der Waals surface area contributed by atoms with Gasteiger partial charge in [-0.3, -0.25) is 0 Å². The van der Waals surface area contributed by atoms with Crippen molar-refractivity contribution in [2.75, 3.05) is 5.32 Å². The van der Waals surface area contributed by atoms with E-state index in [0.29, 0.717) is 17.9 Å². The van der Waals surface area contributed by atoms with Crippen molar-refractivity contribution >= 4 is 33.9 Å². The Morgan fingerprint density at radius 2 is 1.54 bits per heavy atom. The number of rotatable bonds is 4. The van der Waals surface area contributed by atoms with Crippen molar-refractivity contribution in [3.8, 4) is 0 Å². The van der Waals surface area contributed by atoms with Gasteiger partial charge in [0, 0.05) is 22.9 Å². The first-order chi connectivity index (χ1) is 13.7. The minimum atomic E-state index is -0.452. The summed E-state index contributed by atoms with van der Waals surface area (Å²) < 4.78 is 13.4. The Morgan fingerprint density at radius 3 is 2.25 bits per heavy atom. The van der Waals surface area contributed by atoms with E-state index in [1.54, 1.807) is 6.07 Å². The summed E-state index contributed by atoms with van der Waals surface area (Å²) in [6.07, 6.45) is 0.705. The molecule has 0 aliphatic carbocycles. The Hall–Kier alpha value is -2.98. The number of aromatic nitrogens is 2. The van der Waals surface area contributed by atoms with Gasteiger partial charge in [0.1, 0.15) is 5.82 Å². The van der Waals surface area contributed by atoms with E-state index in [2.05, 4.69) is 27.6 Å². The lowest BCUT2D eigenvalue weighted by atomic mass is 10.0. The normalized spacial score (nSPS) is 10.3. The van der Waals surface area contributed by atoms with Gasteiger partial charge in [-0.2, -0.15) is 5.10 Å². The Kier molecular flexibility index (Phi) is 6.56. The van der Waals surface area contributed by atoms with E-state index in [0.717, 1.165) is 16.5 Å². The van der Waals surface area contributed by atoms with E-state index in [4.69, 9.17) is 11.6 Å². The van der Waals surface area contributed by atoms with Gasteiger partial charge in [-0.25, -0.2) is 4.39 Å². The molecular formula is C23H21ClFN3. The molecule has 0 bridgehead atoms. The molecular weight excluding hydrogens is 373 g/mol. The first-order valence-electron chi connectivity index (χ1n) is 9.21. The monoisotopic (exact) mass is 393 g/mol. The summed E-state index contributed by atoms with van der Waals surface area (Å²) in [7, 11) is 0. The predicted molar refractivity (Wildman–Crippen MR) is 115 cm³/mol. The summed E-state index contributed by atoms with van der Waals surface area (Å²) in [4.78, 5) is 0. The highest BCUT2D eigenvalue weighted by Gasteiger charge is 2.10. The van der Waals surface area contributed by atoms with Crippen molar-refractivity contribution in [2.24, 2.45) is 0 Å². The molecule has 5 heteroatoms. The largest absolute Gasteiger partial charge is 0.338 e. The molecule has 0 aliphatic heterocycles. The van der Waals surface area contributed by atoms with E-state index in [1.807, 2.05) is 56.3 Å². The van der Waals surface area contributed by atoms with E-state index in [1.165, 1.54) is 17.7 Å². The van der Waals surface area contributed by atoms with Gasteiger partial charge >= 0.3 is 0 Å². The van der Waals surface area contributed by atoms with Gasteiger partial charge in [0.05, 0.1) is 10.7 Å². The molecule has 0 radical (unpaired) electrons. The number of hydrogen-bond donors (Lipinski definition) is 1. The van der Waals surface area contributed by atoms with Gasteiger partial charge in [-0.05, 0) is 23.8 Å². The highest BCUT2D eigenvalue weighted by molar-refractivity contribution is 6.31. The molecule has 0 atom stereocenters. The number of halogens is 2. The van der Waals surface area contributed by atoms with Gasteiger partial charge in [0.25, 0.3) is 0 Å². The van der Waals surface area contributed by atoms with Crippen molar-refractivity contribution in [1.82, 2.24) is 10.2 Å². The molecule has 4 aromatic rings. The highest BCUT2D eigenvalue weighted by Crippen LogP contribution is 2.28. The summed E-state index contributed by atoms with van der Waals surface area (Å²) in [6.45, 7) is 4.00. The van der Waals surface area contributed by atoms with Crippen LogP contribution in [0.3, 0.4) is 0 Å². The lowest BCUT2D eigenvalue weighted by Gasteiger charge is -2.11. The molecule has 0 spiro atoms. The fourth-order valence-corrected chi connectivity index (χ4v) is 3.06. The molecule has 3 aromatic carbocycles. The van der Waals surface area contributed by atoms with Crippen LogP contribution < -0.4 is 5.32 Å². The minimum absolute atomic E-state index is 0.0629. The second-order valence-electron chi connectivity index (χ2n) is 5.96. The van der Waals surface area contributed by atoms with Gasteiger partial charge in [-0.1, -0.05) is 80.0 Å². The molecule has 142 valence electrons. The fourth-order valence-electron chi connectivity index (χ4n) is 2.88.